The Morgan fingerprint density at radius 3 is 2.25 bits per heavy atom. The van der Waals surface area contributed by atoms with Gasteiger partial charge in [-0.15, -0.1) is 0 Å². The highest BCUT2D eigenvalue weighted by Gasteiger charge is 2.12. The summed E-state index contributed by atoms with van der Waals surface area (Å²) < 4.78 is 7.68. The number of aromatic nitrogens is 1. The van der Waals surface area contributed by atoms with Crippen molar-refractivity contribution in [3.63, 3.8) is 0 Å². The number of hydrazone groups is 1. The maximum atomic E-state index is 12.9. The van der Waals surface area contributed by atoms with Crippen LogP contribution in [0.4, 0.5) is 0 Å². The van der Waals surface area contributed by atoms with Crippen molar-refractivity contribution in [2.45, 2.75) is 13.2 Å². The van der Waals surface area contributed by atoms with E-state index in [0.717, 1.165) is 11.1 Å². The number of amides is 1. The lowest BCUT2D eigenvalue weighted by atomic mass is 10.1. The van der Waals surface area contributed by atoms with Crippen LogP contribution in [0.15, 0.2) is 107 Å². The van der Waals surface area contributed by atoms with E-state index in [-0.39, 0.29) is 17.9 Å². The second-order valence-corrected chi connectivity index (χ2v) is 8.67. The van der Waals surface area contributed by atoms with Gasteiger partial charge in [-0.3, -0.25) is 9.59 Å². The highest BCUT2D eigenvalue weighted by atomic mass is 35.5. The van der Waals surface area contributed by atoms with Crippen LogP contribution >= 0.6 is 11.6 Å². The molecule has 1 amide bonds. The standard InChI is InChI=1S/C29H22ClN3O3/c30-22-14-12-20(13-15-22)19-36-23-7-5-6-21(16-23)17-31-32-28(34)18-33-26-10-3-1-8-24(26)29(35)25-9-2-4-11-27(25)33/h1-17H,18-19H2,(H,32,34). The Morgan fingerprint density at radius 1 is 0.889 bits per heavy atom. The van der Waals surface area contributed by atoms with Gasteiger partial charge in [-0.1, -0.05) is 60.1 Å². The van der Waals surface area contributed by atoms with Crippen molar-refractivity contribution < 1.29 is 9.53 Å². The van der Waals surface area contributed by atoms with E-state index in [2.05, 4.69) is 10.5 Å². The zero-order valence-electron chi connectivity index (χ0n) is 19.2. The van der Waals surface area contributed by atoms with Gasteiger partial charge in [0.05, 0.1) is 17.2 Å². The molecule has 0 spiro atoms. The number of carbonyl (C=O) groups excluding carboxylic acids is 1. The average molecular weight is 496 g/mol. The Kier molecular flexibility index (Phi) is 6.78. The van der Waals surface area contributed by atoms with E-state index in [9.17, 15) is 9.59 Å². The number of rotatable bonds is 7. The van der Waals surface area contributed by atoms with Gasteiger partial charge >= 0.3 is 0 Å². The topological polar surface area (TPSA) is 72.7 Å². The molecule has 178 valence electrons. The van der Waals surface area contributed by atoms with Crippen LogP contribution in [0, 0.1) is 0 Å². The van der Waals surface area contributed by atoms with Crippen molar-refractivity contribution in [2.75, 3.05) is 0 Å². The van der Waals surface area contributed by atoms with E-state index in [1.807, 2.05) is 89.5 Å². The van der Waals surface area contributed by atoms with Gasteiger partial charge in [0.25, 0.3) is 5.91 Å². The molecule has 0 unspecified atom stereocenters. The quantitative estimate of drug-likeness (QED) is 0.183. The minimum Gasteiger partial charge on any atom is -0.489 e. The molecule has 0 bridgehead atoms. The fraction of sp³-hybridized carbons (Fsp3) is 0.0690. The number of carbonyl (C=O) groups is 1. The Balaban J connectivity index is 1.28. The smallest absolute Gasteiger partial charge is 0.260 e. The number of hydrogen-bond acceptors (Lipinski definition) is 4. The summed E-state index contributed by atoms with van der Waals surface area (Å²) in [6, 6.07) is 29.5. The van der Waals surface area contributed by atoms with Crippen LogP contribution in [0.1, 0.15) is 11.1 Å². The van der Waals surface area contributed by atoms with Crippen LogP contribution in [0.2, 0.25) is 5.02 Å². The van der Waals surface area contributed by atoms with Gasteiger partial charge in [-0.25, -0.2) is 5.43 Å². The predicted octanol–water partition coefficient (Wildman–Crippen LogP) is 5.54. The molecule has 0 aliphatic rings. The number of nitrogens with zero attached hydrogens (tertiary/aromatic N) is 2. The van der Waals surface area contributed by atoms with Crippen LogP contribution in [-0.2, 0) is 17.9 Å². The van der Waals surface area contributed by atoms with Crippen LogP contribution in [0.25, 0.3) is 21.8 Å². The summed E-state index contributed by atoms with van der Waals surface area (Å²) in [4.78, 5) is 25.6. The SMILES string of the molecule is O=C(Cn1c2ccccc2c(=O)c2ccccc21)NN=Cc1cccc(OCc2ccc(Cl)cc2)c1. The maximum absolute atomic E-state index is 12.9. The Hall–Kier alpha value is -4.42. The van der Waals surface area contributed by atoms with E-state index in [4.69, 9.17) is 16.3 Å². The van der Waals surface area contributed by atoms with Gasteiger partial charge < -0.3 is 9.30 Å². The van der Waals surface area contributed by atoms with Gasteiger partial charge in [0.15, 0.2) is 5.43 Å². The number of pyridine rings is 1. The number of ether oxygens (including phenoxy) is 1. The molecule has 0 saturated carbocycles. The Bertz CT molecular complexity index is 1580. The lowest BCUT2D eigenvalue weighted by Crippen LogP contribution is -2.25. The highest BCUT2D eigenvalue weighted by Crippen LogP contribution is 2.19. The molecule has 0 radical (unpaired) electrons. The van der Waals surface area contributed by atoms with Crippen molar-refractivity contribution in [3.05, 3.63) is 123 Å². The Labute approximate surface area is 212 Å². The molecule has 5 rings (SSSR count). The van der Waals surface area contributed by atoms with Crippen LogP contribution in [-0.4, -0.2) is 16.7 Å². The summed E-state index contributed by atoms with van der Waals surface area (Å²) in [5, 5.41) is 5.94. The first-order valence-corrected chi connectivity index (χ1v) is 11.8. The molecule has 0 saturated heterocycles. The molecule has 6 nitrogen and oxygen atoms in total. The molecular weight excluding hydrogens is 474 g/mol. The zero-order chi connectivity index (χ0) is 24.9. The second kappa shape index (κ2) is 10.5. The monoisotopic (exact) mass is 495 g/mol. The lowest BCUT2D eigenvalue weighted by Gasteiger charge is -2.14. The zero-order valence-corrected chi connectivity index (χ0v) is 20.0. The molecule has 4 aromatic carbocycles. The third-order valence-corrected chi connectivity index (χ3v) is 6.01. The molecular formula is C29H22ClN3O3. The molecule has 1 aromatic heterocycles. The number of para-hydroxylation sites is 2. The van der Waals surface area contributed by atoms with Crippen molar-refractivity contribution in [1.82, 2.24) is 9.99 Å². The van der Waals surface area contributed by atoms with Gasteiger partial charge in [0.2, 0.25) is 0 Å². The average Bonchev–Trinajstić information content (AvgIpc) is 2.91. The normalized spacial score (nSPS) is 11.2. The molecule has 36 heavy (non-hydrogen) atoms. The minimum atomic E-state index is -0.305. The maximum Gasteiger partial charge on any atom is 0.260 e. The Morgan fingerprint density at radius 2 is 1.56 bits per heavy atom. The summed E-state index contributed by atoms with van der Waals surface area (Å²) in [5.41, 5.74) is 5.73. The minimum absolute atomic E-state index is 0.0168. The number of benzene rings is 4. The molecule has 1 N–H and O–H groups in total. The van der Waals surface area contributed by atoms with E-state index < -0.39 is 0 Å². The van der Waals surface area contributed by atoms with E-state index >= 15 is 0 Å². The van der Waals surface area contributed by atoms with Crippen molar-refractivity contribution in [3.8, 4) is 5.75 Å². The third-order valence-electron chi connectivity index (χ3n) is 5.76. The fourth-order valence-electron chi connectivity index (χ4n) is 4.04. The molecule has 5 aromatic rings. The van der Waals surface area contributed by atoms with Gasteiger partial charge in [-0.05, 0) is 59.7 Å². The van der Waals surface area contributed by atoms with Gasteiger partial charge in [0, 0.05) is 15.8 Å². The summed E-state index contributed by atoms with van der Waals surface area (Å²) in [6.45, 7) is 0.429. The first kappa shape index (κ1) is 23.3. The number of fused-ring (bicyclic) bond motifs is 2. The first-order valence-electron chi connectivity index (χ1n) is 11.4. The van der Waals surface area contributed by atoms with Crippen LogP contribution in [0.5, 0.6) is 5.75 Å². The summed E-state index contributed by atoms with van der Waals surface area (Å²) in [5.74, 6) is 0.381. The number of nitrogens with one attached hydrogen (secondary N) is 1. The largest absolute Gasteiger partial charge is 0.489 e. The summed E-state index contributed by atoms with van der Waals surface area (Å²) >= 11 is 5.92. The number of hydrogen-bond donors (Lipinski definition) is 1. The van der Waals surface area contributed by atoms with E-state index in [1.54, 1.807) is 18.3 Å². The van der Waals surface area contributed by atoms with E-state index in [0.29, 0.717) is 39.2 Å². The van der Waals surface area contributed by atoms with Crippen LogP contribution < -0.4 is 15.6 Å². The fourth-order valence-corrected chi connectivity index (χ4v) is 4.16. The van der Waals surface area contributed by atoms with Crippen molar-refractivity contribution in [2.24, 2.45) is 5.10 Å². The molecule has 0 atom stereocenters. The first-order chi connectivity index (χ1) is 17.6. The molecule has 0 aliphatic carbocycles. The lowest BCUT2D eigenvalue weighted by molar-refractivity contribution is -0.121. The van der Waals surface area contributed by atoms with Crippen molar-refractivity contribution in [1.29, 1.82) is 0 Å². The second-order valence-electron chi connectivity index (χ2n) is 8.23. The number of halogens is 1. The molecule has 0 fully saturated rings. The summed E-state index contributed by atoms with van der Waals surface area (Å²) in [7, 11) is 0. The predicted molar refractivity (Wildman–Crippen MR) is 144 cm³/mol. The van der Waals surface area contributed by atoms with Crippen molar-refractivity contribution >= 4 is 45.5 Å². The molecule has 0 aliphatic heterocycles. The van der Waals surface area contributed by atoms with Gasteiger partial charge in [-0.2, -0.15) is 5.10 Å². The van der Waals surface area contributed by atoms with Crippen LogP contribution in [0.3, 0.4) is 0 Å². The molecule has 1 heterocycles. The third kappa shape index (κ3) is 5.14. The van der Waals surface area contributed by atoms with E-state index in [1.165, 1.54) is 0 Å². The molecule has 7 heteroatoms. The summed E-state index contributed by atoms with van der Waals surface area (Å²) in [6.07, 6.45) is 1.56. The van der Waals surface area contributed by atoms with Gasteiger partial charge in [0.1, 0.15) is 18.9 Å². The highest BCUT2D eigenvalue weighted by molar-refractivity contribution is 6.30.